The van der Waals surface area contributed by atoms with E-state index in [2.05, 4.69) is 194 Å². The molecule has 0 spiro atoms. The molecule has 0 aliphatic carbocycles. The topological polar surface area (TPSA) is 34.8 Å². The third-order valence-electron chi connectivity index (χ3n) is 12.1. The van der Waals surface area contributed by atoms with Gasteiger partial charge in [-0.3, -0.25) is 0 Å². The molecule has 3 heterocycles. The van der Waals surface area contributed by atoms with Gasteiger partial charge in [-0.1, -0.05) is 163 Å². The summed E-state index contributed by atoms with van der Waals surface area (Å²) in [6, 6.07) is 70.5. The number of hydrogen-bond donors (Lipinski definition) is 0. The van der Waals surface area contributed by atoms with Crippen LogP contribution in [0.5, 0.6) is 23.0 Å². The van der Waals surface area contributed by atoms with Crippen molar-refractivity contribution in [1.29, 1.82) is 0 Å². The van der Waals surface area contributed by atoms with Crippen molar-refractivity contribution in [3.8, 4) is 56.4 Å². The van der Waals surface area contributed by atoms with Crippen molar-refractivity contribution in [3.63, 3.8) is 0 Å². The number of benzene rings is 9. The zero-order chi connectivity index (χ0) is 39.7. The van der Waals surface area contributed by atoms with Crippen LogP contribution in [0.3, 0.4) is 0 Å². The van der Waals surface area contributed by atoms with Crippen LogP contribution >= 0.6 is 0 Å². The van der Waals surface area contributed by atoms with Crippen LogP contribution in [-0.2, 0) is 0 Å². The molecular formula is C55H36BNO3. The van der Waals surface area contributed by atoms with Crippen LogP contribution in [-0.4, -0.2) is 6.71 Å². The third-order valence-corrected chi connectivity index (χ3v) is 12.1. The highest BCUT2D eigenvalue weighted by Gasteiger charge is 2.41. The second-order valence-electron chi connectivity index (χ2n) is 15.7. The van der Waals surface area contributed by atoms with E-state index in [9.17, 15) is 0 Å². The summed E-state index contributed by atoms with van der Waals surface area (Å²) in [7, 11) is 0. The number of fused-ring (bicyclic) bond motifs is 7. The summed E-state index contributed by atoms with van der Waals surface area (Å²) in [5, 5.41) is 2.12. The predicted octanol–water partition coefficient (Wildman–Crippen LogP) is 13.1. The van der Waals surface area contributed by atoms with Crippen molar-refractivity contribution in [2.75, 3.05) is 4.90 Å². The van der Waals surface area contributed by atoms with E-state index < -0.39 is 0 Å². The average Bonchev–Trinajstić information content (AvgIpc) is 3.70. The van der Waals surface area contributed by atoms with Gasteiger partial charge in [0, 0.05) is 39.6 Å². The van der Waals surface area contributed by atoms with Gasteiger partial charge in [-0.25, -0.2) is 0 Å². The highest BCUT2D eigenvalue weighted by molar-refractivity contribution is 6.98. The van der Waals surface area contributed by atoms with Crippen molar-refractivity contribution in [3.05, 3.63) is 206 Å². The molecule has 0 amide bonds. The normalized spacial score (nSPS) is 12.3. The summed E-state index contributed by atoms with van der Waals surface area (Å²) in [4.78, 5) is 2.27. The molecule has 0 saturated heterocycles. The first kappa shape index (κ1) is 34.3. The summed E-state index contributed by atoms with van der Waals surface area (Å²) in [5.74, 6) is 3.21. The first-order valence-electron chi connectivity index (χ1n) is 20.4. The lowest BCUT2D eigenvalue weighted by atomic mass is 9.34. The number of para-hydroxylation sites is 2. The predicted molar refractivity (Wildman–Crippen MR) is 247 cm³/mol. The van der Waals surface area contributed by atoms with E-state index in [1.54, 1.807) is 0 Å². The van der Waals surface area contributed by atoms with Gasteiger partial charge in [0.1, 0.15) is 28.6 Å². The van der Waals surface area contributed by atoms with Gasteiger partial charge < -0.3 is 18.8 Å². The molecule has 2 aliphatic rings. The molecule has 5 heteroatoms. The van der Waals surface area contributed by atoms with E-state index in [4.69, 9.17) is 13.9 Å². The molecule has 0 atom stereocenters. The largest absolute Gasteiger partial charge is 0.458 e. The second kappa shape index (κ2) is 13.7. The van der Waals surface area contributed by atoms with E-state index in [0.717, 1.165) is 112 Å². The number of nitrogens with zero attached hydrogens (tertiary/aromatic N) is 1. The quantitative estimate of drug-likeness (QED) is 0.158. The van der Waals surface area contributed by atoms with E-state index in [0.29, 0.717) is 0 Å². The lowest BCUT2D eigenvalue weighted by molar-refractivity contribution is 0.465. The second-order valence-corrected chi connectivity index (χ2v) is 15.7. The molecule has 4 nitrogen and oxygen atoms in total. The minimum absolute atomic E-state index is 0.0887. The molecule has 0 unspecified atom stereocenters. The van der Waals surface area contributed by atoms with Crippen LogP contribution in [0.15, 0.2) is 205 Å². The molecule has 0 fully saturated rings. The molecule has 0 N–H and O–H groups in total. The van der Waals surface area contributed by atoms with Crippen LogP contribution in [0, 0.1) is 6.92 Å². The number of rotatable bonds is 6. The number of furan rings is 1. The summed E-state index contributed by atoms with van der Waals surface area (Å²) in [6.45, 7) is 2.03. The Hall–Kier alpha value is -7.76. The molecule has 0 radical (unpaired) electrons. The fourth-order valence-electron chi connectivity index (χ4n) is 9.18. The van der Waals surface area contributed by atoms with E-state index >= 15 is 0 Å². The molecular weight excluding hydrogens is 733 g/mol. The Morgan fingerprint density at radius 2 is 0.933 bits per heavy atom. The van der Waals surface area contributed by atoms with Gasteiger partial charge in [-0.05, 0) is 76.0 Å². The van der Waals surface area contributed by atoms with Crippen molar-refractivity contribution >= 4 is 62.1 Å². The number of hydrogen-bond acceptors (Lipinski definition) is 4. The Bertz CT molecular complexity index is 3160. The maximum atomic E-state index is 7.05. The zero-order valence-corrected chi connectivity index (χ0v) is 32.8. The first-order chi connectivity index (χ1) is 29.6. The minimum atomic E-state index is -0.0887. The van der Waals surface area contributed by atoms with Gasteiger partial charge in [0.25, 0.3) is 6.71 Å². The van der Waals surface area contributed by atoms with Crippen LogP contribution in [0.25, 0.3) is 55.3 Å². The Morgan fingerprint density at radius 3 is 1.52 bits per heavy atom. The summed E-state index contributed by atoms with van der Waals surface area (Å²) in [6.07, 6.45) is 0. The smallest absolute Gasteiger partial charge is 0.260 e. The maximum absolute atomic E-state index is 7.05. The lowest BCUT2D eigenvalue weighted by Gasteiger charge is -2.35. The van der Waals surface area contributed by atoms with Crippen LogP contribution in [0.1, 0.15) is 5.56 Å². The molecule has 60 heavy (non-hydrogen) atoms. The van der Waals surface area contributed by atoms with E-state index in [-0.39, 0.29) is 6.71 Å². The van der Waals surface area contributed by atoms with Crippen LogP contribution in [0.4, 0.5) is 17.1 Å². The fraction of sp³-hybridized carbons (Fsp3) is 0.0182. The molecule has 2 aliphatic heterocycles. The highest BCUT2D eigenvalue weighted by atomic mass is 16.5. The monoisotopic (exact) mass is 769 g/mol. The van der Waals surface area contributed by atoms with E-state index in [1.165, 1.54) is 5.56 Å². The van der Waals surface area contributed by atoms with Gasteiger partial charge in [0.05, 0.1) is 11.4 Å². The van der Waals surface area contributed by atoms with Gasteiger partial charge in [-0.15, -0.1) is 0 Å². The molecule has 0 bridgehead atoms. The Balaban J connectivity index is 1.08. The lowest BCUT2D eigenvalue weighted by Crippen LogP contribution is -2.57. The molecule has 10 aromatic rings. The van der Waals surface area contributed by atoms with Crippen molar-refractivity contribution in [1.82, 2.24) is 0 Å². The molecule has 282 valence electrons. The minimum Gasteiger partial charge on any atom is -0.458 e. The summed E-state index contributed by atoms with van der Waals surface area (Å²) >= 11 is 0. The maximum Gasteiger partial charge on any atom is 0.260 e. The standard InChI is InChI=1S/C55H36BNO3/c1-35-23-27-41(28-24-35)57(48-22-12-21-45-44-20-11-19-43(54(44)60-55(45)48)38-17-9-4-10-18-38)42-33-51-53-52(34-42)59-50-32-40(37-15-7-3-8-16-37)26-30-47(50)56(53)46-29-25-39(31-49(46)58-51)36-13-5-2-6-14-36/h2-34H,1H3. The molecule has 12 rings (SSSR count). The third kappa shape index (κ3) is 5.54. The Kier molecular flexibility index (Phi) is 7.82. The van der Waals surface area contributed by atoms with Gasteiger partial charge >= 0.3 is 0 Å². The van der Waals surface area contributed by atoms with Crippen molar-refractivity contribution < 1.29 is 13.9 Å². The van der Waals surface area contributed by atoms with E-state index in [1.807, 2.05) is 18.2 Å². The number of ether oxygens (including phenoxy) is 2. The number of aryl methyl sites for hydroxylation is 1. The summed E-state index contributed by atoms with van der Waals surface area (Å²) < 4.78 is 21.1. The van der Waals surface area contributed by atoms with Gasteiger partial charge in [-0.2, -0.15) is 0 Å². The molecule has 9 aromatic carbocycles. The Morgan fingerprint density at radius 1 is 0.400 bits per heavy atom. The van der Waals surface area contributed by atoms with Gasteiger partial charge in [0.2, 0.25) is 0 Å². The van der Waals surface area contributed by atoms with Gasteiger partial charge in [0.15, 0.2) is 5.58 Å². The average molecular weight is 770 g/mol. The van der Waals surface area contributed by atoms with Crippen LogP contribution in [0.2, 0.25) is 0 Å². The fourth-order valence-corrected chi connectivity index (χ4v) is 9.18. The summed E-state index contributed by atoms with van der Waals surface area (Å²) in [5.41, 5.74) is 15.6. The van der Waals surface area contributed by atoms with Crippen molar-refractivity contribution in [2.45, 2.75) is 6.92 Å². The van der Waals surface area contributed by atoms with Crippen LogP contribution < -0.4 is 30.8 Å². The van der Waals surface area contributed by atoms with Crippen molar-refractivity contribution in [2.24, 2.45) is 0 Å². The Labute approximate surface area is 348 Å². The SMILES string of the molecule is Cc1ccc(N(c2cc3c4c(c2)Oc2cc(-c5ccccc5)ccc2B4c2ccc(-c4ccccc4)cc2O3)c2cccc3c2oc2c(-c4ccccc4)cccc23)cc1. The molecule has 1 aromatic heterocycles. The molecule has 0 saturated carbocycles. The zero-order valence-electron chi connectivity index (χ0n) is 32.8. The first-order valence-corrected chi connectivity index (χ1v) is 20.4. The number of anilines is 3. The highest BCUT2D eigenvalue weighted by Crippen LogP contribution is 2.47.